The second-order valence-electron chi connectivity index (χ2n) is 5.03. The first-order valence-electron chi connectivity index (χ1n) is 6.51. The van der Waals surface area contributed by atoms with Gasteiger partial charge in [0.25, 0.3) is 0 Å². The van der Waals surface area contributed by atoms with E-state index in [1.165, 1.54) is 0 Å². The monoisotopic (exact) mass is 273 g/mol. The number of azide groups is 1. The SMILES string of the molecule is C[C@@H](Cn1ncc2ccc3c(c21)C[C@@H](O)CO3)N=[N+]=[N-]. The second-order valence-corrected chi connectivity index (χ2v) is 5.03. The predicted octanol–water partition coefficient (Wildman–Crippen LogP) is 2.03. The van der Waals surface area contributed by atoms with Crippen molar-refractivity contribution >= 4 is 10.9 Å². The Morgan fingerprint density at radius 1 is 1.65 bits per heavy atom. The summed E-state index contributed by atoms with van der Waals surface area (Å²) in [5.74, 6) is 0.793. The van der Waals surface area contributed by atoms with Gasteiger partial charge in [0.15, 0.2) is 0 Å². The first-order valence-corrected chi connectivity index (χ1v) is 6.51. The summed E-state index contributed by atoms with van der Waals surface area (Å²) < 4.78 is 7.36. The lowest BCUT2D eigenvalue weighted by atomic mass is 10.0. The van der Waals surface area contributed by atoms with E-state index < -0.39 is 6.10 Å². The minimum atomic E-state index is -0.494. The lowest BCUT2D eigenvalue weighted by Crippen LogP contribution is -2.26. The van der Waals surface area contributed by atoms with Crippen LogP contribution < -0.4 is 4.74 Å². The molecule has 0 aliphatic carbocycles. The summed E-state index contributed by atoms with van der Waals surface area (Å²) in [6.07, 6.45) is 1.83. The first-order chi connectivity index (χ1) is 9.69. The van der Waals surface area contributed by atoms with E-state index in [-0.39, 0.29) is 6.04 Å². The molecule has 2 aromatic rings. The van der Waals surface area contributed by atoms with Crippen LogP contribution in [-0.4, -0.2) is 33.6 Å². The maximum Gasteiger partial charge on any atom is 0.124 e. The van der Waals surface area contributed by atoms with E-state index in [4.69, 9.17) is 10.3 Å². The summed E-state index contributed by atoms with van der Waals surface area (Å²) in [4.78, 5) is 2.81. The zero-order valence-electron chi connectivity index (χ0n) is 11.1. The Kier molecular flexibility index (Phi) is 3.22. The smallest absolute Gasteiger partial charge is 0.124 e. The first kappa shape index (κ1) is 12.8. The quantitative estimate of drug-likeness (QED) is 0.526. The van der Waals surface area contributed by atoms with Crippen molar-refractivity contribution in [3.8, 4) is 5.75 Å². The largest absolute Gasteiger partial charge is 0.491 e. The average molecular weight is 273 g/mol. The normalized spacial score (nSPS) is 19.0. The van der Waals surface area contributed by atoms with Crippen molar-refractivity contribution in [2.24, 2.45) is 5.11 Å². The molecule has 20 heavy (non-hydrogen) atoms. The fraction of sp³-hybridized carbons (Fsp3) is 0.462. The third-order valence-electron chi connectivity index (χ3n) is 3.42. The third kappa shape index (κ3) is 2.17. The van der Waals surface area contributed by atoms with Crippen molar-refractivity contribution in [3.05, 3.63) is 34.3 Å². The molecule has 7 heteroatoms. The van der Waals surface area contributed by atoms with Crippen LogP contribution in [0.1, 0.15) is 12.5 Å². The molecule has 0 saturated carbocycles. The molecule has 0 spiro atoms. The number of aliphatic hydroxyl groups excluding tert-OH is 1. The van der Waals surface area contributed by atoms with Crippen molar-refractivity contribution < 1.29 is 9.84 Å². The summed E-state index contributed by atoms with van der Waals surface area (Å²) in [5.41, 5.74) is 10.4. The Hall–Kier alpha value is -2.24. The van der Waals surface area contributed by atoms with Crippen molar-refractivity contribution in [2.45, 2.75) is 32.0 Å². The summed E-state index contributed by atoms with van der Waals surface area (Å²) in [6.45, 7) is 2.66. The van der Waals surface area contributed by atoms with Crippen LogP contribution in [0.15, 0.2) is 23.4 Å². The molecule has 104 valence electrons. The van der Waals surface area contributed by atoms with Crippen LogP contribution in [-0.2, 0) is 13.0 Å². The van der Waals surface area contributed by atoms with Gasteiger partial charge in [0.2, 0.25) is 0 Å². The Morgan fingerprint density at radius 2 is 2.50 bits per heavy atom. The molecule has 0 radical (unpaired) electrons. The van der Waals surface area contributed by atoms with Crippen LogP contribution >= 0.6 is 0 Å². The van der Waals surface area contributed by atoms with E-state index in [9.17, 15) is 5.11 Å². The number of rotatable bonds is 3. The number of hydrogen-bond donors (Lipinski definition) is 1. The van der Waals surface area contributed by atoms with Gasteiger partial charge in [-0.3, -0.25) is 4.68 Å². The zero-order valence-corrected chi connectivity index (χ0v) is 11.1. The molecular formula is C13H15N5O2. The molecule has 1 aliphatic heterocycles. The highest BCUT2D eigenvalue weighted by molar-refractivity contribution is 5.84. The van der Waals surface area contributed by atoms with Gasteiger partial charge in [0, 0.05) is 28.8 Å². The molecule has 1 N–H and O–H groups in total. The van der Waals surface area contributed by atoms with Gasteiger partial charge in [-0.2, -0.15) is 5.10 Å². The number of ether oxygens (including phenoxy) is 1. The molecule has 0 saturated heterocycles. The number of aromatic nitrogens is 2. The van der Waals surface area contributed by atoms with Crippen molar-refractivity contribution in [2.75, 3.05) is 6.61 Å². The van der Waals surface area contributed by atoms with Crippen LogP contribution in [0.3, 0.4) is 0 Å². The number of benzene rings is 1. The summed E-state index contributed by atoms with van der Waals surface area (Å²) in [7, 11) is 0. The van der Waals surface area contributed by atoms with Gasteiger partial charge in [-0.1, -0.05) is 12.0 Å². The molecule has 1 aromatic heterocycles. The van der Waals surface area contributed by atoms with Crippen molar-refractivity contribution in [1.82, 2.24) is 9.78 Å². The van der Waals surface area contributed by atoms with Gasteiger partial charge < -0.3 is 9.84 Å². The molecule has 2 atom stereocenters. The van der Waals surface area contributed by atoms with Gasteiger partial charge in [0.1, 0.15) is 12.4 Å². The van der Waals surface area contributed by atoms with E-state index >= 15 is 0 Å². The second kappa shape index (κ2) is 5.03. The maximum absolute atomic E-state index is 9.79. The van der Waals surface area contributed by atoms with E-state index in [2.05, 4.69) is 15.1 Å². The van der Waals surface area contributed by atoms with E-state index in [0.717, 1.165) is 22.2 Å². The highest BCUT2D eigenvalue weighted by Gasteiger charge is 2.22. The van der Waals surface area contributed by atoms with Crippen LogP contribution in [0.2, 0.25) is 0 Å². The molecule has 0 fully saturated rings. The lowest BCUT2D eigenvalue weighted by Gasteiger charge is -2.23. The highest BCUT2D eigenvalue weighted by Crippen LogP contribution is 2.32. The van der Waals surface area contributed by atoms with E-state index in [0.29, 0.717) is 19.6 Å². The standard InChI is InChI=1S/C13H15N5O2/c1-8(16-17-14)6-18-13-9(5-15-18)2-3-12-11(13)4-10(19)7-20-12/h2-3,5,8,10,19H,4,6-7H2,1H3/t8-,10+/m0/s1. The summed E-state index contributed by atoms with van der Waals surface area (Å²) in [5, 5.41) is 18.8. The number of aliphatic hydroxyl groups is 1. The molecule has 3 rings (SSSR count). The van der Waals surface area contributed by atoms with Crippen LogP contribution in [0.5, 0.6) is 5.75 Å². The number of nitrogens with zero attached hydrogens (tertiary/aromatic N) is 5. The van der Waals surface area contributed by atoms with Gasteiger partial charge in [0.05, 0.1) is 23.9 Å². The van der Waals surface area contributed by atoms with Crippen LogP contribution in [0, 0.1) is 0 Å². The van der Waals surface area contributed by atoms with Gasteiger partial charge in [-0.15, -0.1) is 0 Å². The number of fused-ring (bicyclic) bond motifs is 3. The Labute approximate surface area is 115 Å². The molecule has 7 nitrogen and oxygen atoms in total. The molecule has 0 amide bonds. The minimum absolute atomic E-state index is 0.187. The van der Waals surface area contributed by atoms with Gasteiger partial charge in [-0.05, 0) is 17.7 Å². The minimum Gasteiger partial charge on any atom is -0.491 e. The molecule has 0 bridgehead atoms. The van der Waals surface area contributed by atoms with E-state index in [1.54, 1.807) is 6.20 Å². The van der Waals surface area contributed by atoms with Crippen LogP contribution in [0.25, 0.3) is 21.3 Å². The topological polar surface area (TPSA) is 96.0 Å². The molecule has 0 unspecified atom stereocenters. The van der Waals surface area contributed by atoms with Gasteiger partial charge in [-0.25, -0.2) is 0 Å². The number of hydrogen-bond acceptors (Lipinski definition) is 4. The maximum atomic E-state index is 9.79. The Morgan fingerprint density at radius 3 is 3.30 bits per heavy atom. The average Bonchev–Trinajstić information content (AvgIpc) is 2.82. The Bertz CT molecular complexity index is 689. The zero-order chi connectivity index (χ0) is 14.1. The summed E-state index contributed by atoms with van der Waals surface area (Å²) in [6, 6.07) is 3.67. The fourth-order valence-electron chi connectivity index (χ4n) is 2.56. The third-order valence-corrected chi connectivity index (χ3v) is 3.42. The molecule has 2 heterocycles. The lowest BCUT2D eigenvalue weighted by molar-refractivity contribution is 0.0926. The van der Waals surface area contributed by atoms with Crippen molar-refractivity contribution in [1.29, 1.82) is 0 Å². The molecule has 1 aliphatic rings. The van der Waals surface area contributed by atoms with E-state index in [1.807, 2.05) is 23.7 Å². The fourth-order valence-corrected chi connectivity index (χ4v) is 2.56. The van der Waals surface area contributed by atoms with Crippen LogP contribution in [0.4, 0.5) is 0 Å². The summed E-state index contributed by atoms with van der Waals surface area (Å²) >= 11 is 0. The van der Waals surface area contributed by atoms with Crippen molar-refractivity contribution in [3.63, 3.8) is 0 Å². The molecule has 1 aromatic carbocycles. The Balaban J connectivity index is 2.07. The van der Waals surface area contributed by atoms with Gasteiger partial charge >= 0.3 is 0 Å². The predicted molar refractivity (Wildman–Crippen MR) is 73.5 cm³/mol. The highest BCUT2D eigenvalue weighted by atomic mass is 16.5. The molecular weight excluding hydrogens is 258 g/mol.